The average molecular weight is 432 g/mol. The Bertz CT molecular complexity index is 1260. The molecule has 7 nitrogen and oxygen atoms in total. The highest BCUT2D eigenvalue weighted by Gasteiger charge is 2.21. The normalized spacial score (nSPS) is 14.2. The molecule has 4 heterocycles. The van der Waals surface area contributed by atoms with Gasteiger partial charge in [0.1, 0.15) is 5.82 Å². The Morgan fingerprint density at radius 3 is 2.68 bits per heavy atom. The van der Waals surface area contributed by atoms with Crippen LogP contribution in [-0.4, -0.2) is 47.0 Å². The number of thiophene rings is 1. The van der Waals surface area contributed by atoms with Gasteiger partial charge < -0.3 is 15.4 Å². The molecule has 0 amide bonds. The quantitative estimate of drug-likeness (QED) is 0.487. The molecule has 8 heteroatoms. The zero-order chi connectivity index (χ0) is 21.4. The predicted octanol–water partition coefficient (Wildman–Crippen LogP) is 4.04. The molecule has 1 saturated heterocycles. The number of fused-ring (bicyclic) bond motifs is 1. The van der Waals surface area contributed by atoms with E-state index < -0.39 is 0 Å². The summed E-state index contributed by atoms with van der Waals surface area (Å²) in [6.45, 7) is 4.47. The van der Waals surface area contributed by atoms with Gasteiger partial charge in [-0.3, -0.25) is 4.79 Å². The fraction of sp³-hybridized carbons (Fsp3) is 0.217. The fourth-order valence-electron chi connectivity index (χ4n) is 3.60. The van der Waals surface area contributed by atoms with Crippen molar-refractivity contribution >= 4 is 39.0 Å². The van der Waals surface area contributed by atoms with E-state index in [0.29, 0.717) is 30.4 Å². The monoisotopic (exact) mass is 431 g/mol. The zero-order valence-electron chi connectivity index (χ0n) is 17.0. The van der Waals surface area contributed by atoms with Gasteiger partial charge in [-0.1, -0.05) is 18.2 Å². The molecule has 1 fully saturated rings. The third-order valence-corrected chi connectivity index (χ3v) is 6.43. The average Bonchev–Trinajstić information content (AvgIpc) is 3.24. The molecule has 0 saturated carbocycles. The second kappa shape index (κ2) is 8.05. The Labute approximate surface area is 183 Å². The minimum atomic E-state index is 0.0508. The summed E-state index contributed by atoms with van der Waals surface area (Å²) >= 11 is 1.64. The van der Waals surface area contributed by atoms with Gasteiger partial charge in [0, 0.05) is 35.3 Å². The molecule has 0 bridgehead atoms. The number of anilines is 2. The van der Waals surface area contributed by atoms with Crippen molar-refractivity contribution in [3.8, 4) is 21.8 Å². The third-order valence-electron chi connectivity index (χ3n) is 5.26. The Morgan fingerprint density at radius 1 is 1.10 bits per heavy atom. The number of aromatic nitrogens is 3. The number of hydrogen-bond donors (Lipinski definition) is 1. The van der Waals surface area contributed by atoms with Crippen LogP contribution in [0.25, 0.3) is 32.0 Å². The summed E-state index contributed by atoms with van der Waals surface area (Å²) in [5.74, 6) is 2.03. The van der Waals surface area contributed by atoms with Gasteiger partial charge in [0.25, 0.3) is 0 Å². The van der Waals surface area contributed by atoms with E-state index in [1.165, 1.54) is 0 Å². The van der Waals surface area contributed by atoms with Crippen LogP contribution in [0.2, 0.25) is 0 Å². The van der Waals surface area contributed by atoms with Crippen molar-refractivity contribution in [2.75, 3.05) is 36.9 Å². The molecule has 1 aromatic carbocycles. The Kier molecular flexibility index (Phi) is 5.09. The number of ether oxygens (including phenoxy) is 1. The largest absolute Gasteiger partial charge is 0.384 e. The molecule has 1 aliphatic heterocycles. The number of Topliss-reactive ketones (excluding diaryl/α,β-unsaturated/α-hetero) is 1. The number of hydrogen-bond acceptors (Lipinski definition) is 8. The van der Waals surface area contributed by atoms with Crippen molar-refractivity contribution < 1.29 is 9.53 Å². The van der Waals surface area contributed by atoms with Crippen LogP contribution >= 0.6 is 11.3 Å². The second-order valence-corrected chi connectivity index (χ2v) is 8.46. The number of morpholine rings is 1. The van der Waals surface area contributed by atoms with Crippen molar-refractivity contribution in [3.05, 3.63) is 54.2 Å². The Hall–Kier alpha value is -3.36. The van der Waals surface area contributed by atoms with Crippen molar-refractivity contribution in [1.82, 2.24) is 15.0 Å². The van der Waals surface area contributed by atoms with Crippen LogP contribution in [-0.2, 0) is 4.74 Å². The van der Waals surface area contributed by atoms with E-state index >= 15 is 0 Å². The summed E-state index contributed by atoms with van der Waals surface area (Å²) in [4.78, 5) is 29.1. The number of nitrogens with zero attached hydrogens (tertiary/aromatic N) is 4. The fourth-order valence-corrected chi connectivity index (χ4v) is 4.72. The minimum Gasteiger partial charge on any atom is -0.384 e. The van der Waals surface area contributed by atoms with Crippen LogP contribution in [0.5, 0.6) is 0 Å². The van der Waals surface area contributed by atoms with E-state index in [1.807, 2.05) is 30.3 Å². The number of carbonyl (C=O) groups excluding carboxylic acids is 1. The number of carbonyl (C=O) groups is 1. The molecular formula is C23H21N5O2S. The summed E-state index contributed by atoms with van der Waals surface area (Å²) in [6, 6.07) is 13.4. The predicted molar refractivity (Wildman–Crippen MR) is 124 cm³/mol. The maximum Gasteiger partial charge on any atom is 0.163 e. The van der Waals surface area contributed by atoms with Gasteiger partial charge in [-0.15, -0.1) is 11.3 Å². The first-order valence-corrected chi connectivity index (χ1v) is 10.9. The third kappa shape index (κ3) is 3.87. The SMILES string of the molecule is CC(=O)c1cccc(-c2cc3nc(-c4ccc(N)nc4)nc(N4CCOCC4)c3s2)c1. The minimum absolute atomic E-state index is 0.0508. The van der Waals surface area contributed by atoms with Crippen LogP contribution < -0.4 is 10.6 Å². The Balaban J connectivity index is 1.67. The molecule has 0 aliphatic carbocycles. The number of pyridine rings is 1. The lowest BCUT2D eigenvalue weighted by Gasteiger charge is -2.28. The summed E-state index contributed by atoms with van der Waals surface area (Å²) in [7, 11) is 0. The van der Waals surface area contributed by atoms with Gasteiger partial charge in [-0.05, 0) is 36.8 Å². The maximum absolute atomic E-state index is 11.8. The van der Waals surface area contributed by atoms with Gasteiger partial charge in [0.15, 0.2) is 17.4 Å². The second-order valence-electron chi connectivity index (χ2n) is 7.40. The van der Waals surface area contributed by atoms with Crippen LogP contribution in [0, 0.1) is 0 Å². The van der Waals surface area contributed by atoms with E-state index in [0.717, 1.165) is 45.1 Å². The molecule has 156 valence electrons. The topological polar surface area (TPSA) is 94.2 Å². The van der Waals surface area contributed by atoms with E-state index in [2.05, 4.69) is 16.0 Å². The molecule has 0 atom stereocenters. The molecule has 0 spiro atoms. The van der Waals surface area contributed by atoms with Crippen molar-refractivity contribution in [2.24, 2.45) is 0 Å². The first-order valence-electron chi connectivity index (χ1n) is 10.1. The van der Waals surface area contributed by atoms with Gasteiger partial charge in [0.05, 0.1) is 23.4 Å². The highest BCUT2D eigenvalue weighted by molar-refractivity contribution is 7.22. The lowest BCUT2D eigenvalue weighted by molar-refractivity contribution is 0.101. The van der Waals surface area contributed by atoms with Gasteiger partial charge in [-0.2, -0.15) is 0 Å². The number of nitrogen functional groups attached to an aromatic ring is 1. The summed E-state index contributed by atoms with van der Waals surface area (Å²) in [5.41, 5.74) is 9.13. The number of rotatable bonds is 4. The maximum atomic E-state index is 11.8. The molecular weight excluding hydrogens is 410 g/mol. The van der Waals surface area contributed by atoms with Crippen molar-refractivity contribution in [2.45, 2.75) is 6.92 Å². The van der Waals surface area contributed by atoms with Crippen molar-refractivity contribution in [1.29, 1.82) is 0 Å². The van der Waals surface area contributed by atoms with Crippen molar-refractivity contribution in [3.63, 3.8) is 0 Å². The van der Waals surface area contributed by atoms with Crippen LogP contribution in [0.15, 0.2) is 48.7 Å². The first kappa shape index (κ1) is 19.6. The first-order chi connectivity index (χ1) is 15.1. The standard InChI is InChI=1S/C23H21N5O2S/c1-14(29)15-3-2-4-16(11-15)19-12-18-21(31-19)23(28-7-9-30-10-8-28)27-22(26-18)17-5-6-20(24)25-13-17/h2-6,11-13H,7-10H2,1H3,(H2,24,25). The number of benzene rings is 1. The van der Waals surface area contributed by atoms with E-state index in [4.69, 9.17) is 20.4 Å². The Morgan fingerprint density at radius 2 is 1.94 bits per heavy atom. The zero-order valence-corrected chi connectivity index (χ0v) is 17.9. The number of ketones is 1. The summed E-state index contributed by atoms with van der Waals surface area (Å²) in [5, 5.41) is 0. The highest BCUT2D eigenvalue weighted by Crippen LogP contribution is 2.39. The molecule has 0 radical (unpaired) electrons. The molecule has 2 N–H and O–H groups in total. The summed E-state index contributed by atoms with van der Waals surface area (Å²) in [6.07, 6.45) is 1.70. The molecule has 0 unspecified atom stereocenters. The molecule has 31 heavy (non-hydrogen) atoms. The van der Waals surface area contributed by atoms with Gasteiger partial charge >= 0.3 is 0 Å². The summed E-state index contributed by atoms with van der Waals surface area (Å²) < 4.78 is 6.56. The van der Waals surface area contributed by atoms with E-state index in [9.17, 15) is 4.79 Å². The van der Waals surface area contributed by atoms with Crippen LogP contribution in [0.3, 0.4) is 0 Å². The van der Waals surface area contributed by atoms with Gasteiger partial charge in [-0.25, -0.2) is 15.0 Å². The van der Waals surface area contributed by atoms with Gasteiger partial charge in [0.2, 0.25) is 0 Å². The molecule has 1 aliphatic rings. The highest BCUT2D eigenvalue weighted by atomic mass is 32.1. The van der Waals surface area contributed by atoms with Crippen LogP contribution in [0.4, 0.5) is 11.6 Å². The lowest BCUT2D eigenvalue weighted by atomic mass is 10.1. The lowest BCUT2D eigenvalue weighted by Crippen LogP contribution is -2.36. The van der Waals surface area contributed by atoms with Crippen LogP contribution in [0.1, 0.15) is 17.3 Å². The molecule has 5 rings (SSSR count). The molecule has 4 aromatic rings. The number of nitrogens with two attached hydrogens (primary N) is 1. The molecule has 3 aromatic heterocycles. The van der Waals surface area contributed by atoms with E-state index in [1.54, 1.807) is 30.5 Å². The van der Waals surface area contributed by atoms with E-state index in [-0.39, 0.29) is 5.78 Å². The smallest absolute Gasteiger partial charge is 0.163 e.